The zero-order valence-corrected chi connectivity index (χ0v) is 24.9. The first kappa shape index (κ1) is 30.1. The molecule has 216 valence electrons. The van der Waals surface area contributed by atoms with Gasteiger partial charge in [-0.25, -0.2) is 0 Å². The number of rotatable bonds is 8. The molecule has 2 aromatic rings. The van der Waals surface area contributed by atoms with Crippen molar-refractivity contribution >= 4 is 35.0 Å². The zero-order valence-electron chi connectivity index (χ0n) is 24.1. The van der Waals surface area contributed by atoms with E-state index in [9.17, 15) is 14.4 Å². The number of ether oxygens (including phenoxy) is 1. The second-order valence-electron chi connectivity index (χ2n) is 12.4. The van der Waals surface area contributed by atoms with E-state index in [2.05, 4.69) is 31.4 Å². The Morgan fingerprint density at radius 1 is 1.05 bits per heavy atom. The van der Waals surface area contributed by atoms with Gasteiger partial charge in [-0.3, -0.25) is 14.4 Å². The van der Waals surface area contributed by atoms with Gasteiger partial charge in [-0.1, -0.05) is 75.9 Å². The molecule has 0 bridgehead atoms. The number of anilines is 1. The number of halogens is 1. The molecule has 3 amide bonds. The van der Waals surface area contributed by atoms with E-state index in [0.29, 0.717) is 30.6 Å². The molecule has 7 nitrogen and oxygen atoms in total. The van der Waals surface area contributed by atoms with Crippen molar-refractivity contribution in [2.45, 2.75) is 85.0 Å². The minimum Gasteiger partial charge on any atom is -0.356 e. The molecular weight excluding hydrogens is 526 g/mol. The molecule has 0 saturated heterocycles. The molecular formula is C32H42ClN3O4. The first-order valence-electron chi connectivity index (χ1n) is 14.4. The number of amides is 3. The fourth-order valence-electron chi connectivity index (χ4n) is 5.58. The first-order chi connectivity index (χ1) is 19.0. The molecule has 2 unspecified atom stereocenters. The lowest BCUT2D eigenvalue weighted by molar-refractivity contribution is -0.138. The molecule has 1 heterocycles. The van der Waals surface area contributed by atoms with Gasteiger partial charge in [0, 0.05) is 42.8 Å². The number of hydrogen-bond acceptors (Lipinski definition) is 4. The molecule has 1 aliphatic carbocycles. The Morgan fingerprint density at radius 3 is 2.50 bits per heavy atom. The van der Waals surface area contributed by atoms with Gasteiger partial charge in [-0.05, 0) is 53.5 Å². The standard InChI is InChI=1S/C32H42ClN3O4/c1-21(37)34-19-23-11-8-12-24(15-23)30-26-16-25(33)13-14-27(26)36(20-32(2,3)4)31(39)28(40-30)17-29(38)35-18-22-9-6-5-7-10-22/h8,11-16,22,28,30H,5-7,9-10,17-20H2,1-4H3,(H,34,37)(H,35,38). The molecule has 1 saturated carbocycles. The lowest BCUT2D eigenvalue weighted by atomic mass is 9.89. The third-order valence-electron chi connectivity index (χ3n) is 7.52. The maximum Gasteiger partial charge on any atom is 0.256 e. The van der Waals surface area contributed by atoms with Crippen LogP contribution in [-0.2, 0) is 25.7 Å². The van der Waals surface area contributed by atoms with Gasteiger partial charge in [0.05, 0.1) is 6.42 Å². The van der Waals surface area contributed by atoms with Gasteiger partial charge >= 0.3 is 0 Å². The van der Waals surface area contributed by atoms with Crippen LogP contribution in [0.3, 0.4) is 0 Å². The first-order valence-corrected chi connectivity index (χ1v) is 14.7. The third-order valence-corrected chi connectivity index (χ3v) is 7.75. The van der Waals surface area contributed by atoms with Crippen molar-refractivity contribution in [2.75, 3.05) is 18.0 Å². The largest absolute Gasteiger partial charge is 0.356 e. The average molecular weight is 568 g/mol. The van der Waals surface area contributed by atoms with Crippen LogP contribution >= 0.6 is 11.6 Å². The van der Waals surface area contributed by atoms with Crippen LogP contribution < -0.4 is 15.5 Å². The number of fused-ring (bicyclic) bond motifs is 1. The van der Waals surface area contributed by atoms with E-state index >= 15 is 0 Å². The highest BCUT2D eigenvalue weighted by molar-refractivity contribution is 6.30. The van der Waals surface area contributed by atoms with Crippen molar-refractivity contribution in [3.63, 3.8) is 0 Å². The second-order valence-corrected chi connectivity index (χ2v) is 12.8. The van der Waals surface area contributed by atoms with E-state index < -0.39 is 12.2 Å². The summed E-state index contributed by atoms with van der Waals surface area (Å²) >= 11 is 6.48. The van der Waals surface area contributed by atoms with E-state index in [1.807, 2.05) is 36.4 Å². The van der Waals surface area contributed by atoms with Crippen LogP contribution in [0.1, 0.15) is 89.0 Å². The number of hydrogen-bond donors (Lipinski definition) is 2. The molecule has 2 aromatic carbocycles. The lowest BCUT2D eigenvalue weighted by Gasteiger charge is -2.31. The molecule has 2 N–H and O–H groups in total. The van der Waals surface area contributed by atoms with Gasteiger partial charge in [-0.15, -0.1) is 0 Å². The summed E-state index contributed by atoms with van der Waals surface area (Å²) in [4.78, 5) is 40.5. The predicted octanol–water partition coefficient (Wildman–Crippen LogP) is 5.93. The third kappa shape index (κ3) is 8.07. The lowest BCUT2D eigenvalue weighted by Crippen LogP contribution is -2.45. The molecule has 40 heavy (non-hydrogen) atoms. The number of benzene rings is 2. The molecule has 8 heteroatoms. The molecule has 1 aliphatic heterocycles. The highest BCUT2D eigenvalue weighted by Gasteiger charge is 2.39. The van der Waals surface area contributed by atoms with Crippen molar-refractivity contribution in [1.82, 2.24) is 10.6 Å². The van der Waals surface area contributed by atoms with Crippen LogP contribution in [0.2, 0.25) is 5.02 Å². The van der Waals surface area contributed by atoms with Gasteiger partial charge in [0.2, 0.25) is 11.8 Å². The van der Waals surface area contributed by atoms with Gasteiger partial charge in [0.1, 0.15) is 12.2 Å². The average Bonchev–Trinajstić information content (AvgIpc) is 3.01. The van der Waals surface area contributed by atoms with Crippen molar-refractivity contribution in [2.24, 2.45) is 11.3 Å². The summed E-state index contributed by atoms with van der Waals surface area (Å²) in [5.74, 6) is -0.0349. The minimum absolute atomic E-state index is 0.0595. The Bertz CT molecular complexity index is 1220. The quantitative estimate of drug-likeness (QED) is 0.414. The molecule has 2 atom stereocenters. The van der Waals surface area contributed by atoms with E-state index in [1.54, 1.807) is 11.0 Å². The number of carbonyl (C=O) groups excluding carboxylic acids is 3. The fraction of sp³-hybridized carbons (Fsp3) is 0.531. The smallest absolute Gasteiger partial charge is 0.256 e. The van der Waals surface area contributed by atoms with Crippen LogP contribution in [0.4, 0.5) is 5.69 Å². The van der Waals surface area contributed by atoms with Crippen LogP contribution in [-0.4, -0.2) is 36.9 Å². The molecule has 0 aromatic heterocycles. The van der Waals surface area contributed by atoms with Gasteiger partial charge in [-0.2, -0.15) is 0 Å². The predicted molar refractivity (Wildman–Crippen MR) is 158 cm³/mol. The molecule has 1 fully saturated rings. The molecule has 4 rings (SSSR count). The Kier molecular flexibility index (Phi) is 9.90. The van der Waals surface area contributed by atoms with Gasteiger partial charge in [0.25, 0.3) is 5.91 Å². The highest BCUT2D eigenvalue weighted by atomic mass is 35.5. The van der Waals surface area contributed by atoms with Crippen molar-refractivity contribution in [3.05, 3.63) is 64.2 Å². The summed E-state index contributed by atoms with van der Waals surface area (Å²) in [6, 6.07) is 13.2. The van der Waals surface area contributed by atoms with Gasteiger partial charge in [0.15, 0.2) is 0 Å². The second kappa shape index (κ2) is 13.2. The number of carbonyl (C=O) groups is 3. The Hall–Kier alpha value is -2.90. The van der Waals surface area contributed by atoms with Crippen LogP contribution in [0.15, 0.2) is 42.5 Å². The summed E-state index contributed by atoms with van der Waals surface area (Å²) in [5, 5.41) is 6.44. The topological polar surface area (TPSA) is 87.7 Å². The summed E-state index contributed by atoms with van der Waals surface area (Å²) in [6.07, 6.45) is 4.27. The monoisotopic (exact) mass is 567 g/mol. The Morgan fingerprint density at radius 2 is 1.80 bits per heavy atom. The summed E-state index contributed by atoms with van der Waals surface area (Å²) < 4.78 is 6.58. The summed E-state index contributed by atoms with van der Waals surface area (Å²) in [7, 11) is 0. The Balaban J connectivity index is 1.67. The number of nitrogens with one attached hydrogen (secondary N) is 2. The SMILES string of the molecule is CC(=O)NCc1cccc(C2OC(CC(=O)NCC3CCCCC3)C(=O)N(CC(C)(C)C)c3ccc(Cl)cc32)c1. The van der Waals surface area contributed by atoms with Crippen molar-refractivity contribution in [3.8, 4) is 0 Å². The van der Waals surface area contributed by atoms with Crippen LogP contribution in [0.25, 0.3) is 0 Å². The van der Waals surface area contributed by atoms with E-state index in [4.69, 9.17) is 16.3 Å². The zero-order chi connectivity index (χ0) is 28.9. The summed E-state index contributed by atoms with van der Waals surface area (Å²) in [5.41, 5.74) is 3.03. The number of nitrogens with zero attached hydrogens (tertiary/aromatic N) is 1. The van der Waals surface area contributed by atoms with Crippen LogP contribution in [0, 0.1) is 11.3 Å². The molecule has 0 spiro atoms. The van der Waals surface area contributed by atoms with E-state index in [0.717, 1.165) is 35.2 Å². The molecule has 2 aliphatic rings. The van der Waals surface area contributed by atoms with E-state index in [-0.39, 0.29) is 29.6 Å². The van der Waals surface area contributed by atoms with Crippen molar-refractivity contribution < 1.29 is 19.1 Å². The van der Waals surface area contributed by atoms with Crippen molar-refractivity contribution in [1.29, 1.82) is 0 Å². The maximum atomic E-state index is 14.1. The maximum absolute atomic E-state index is 14.1. The molecule has 0 radical (unpaired) electrons. The Labute approximate surface area is 243 Å². The summed E-state index contributed by atoms with van der Waals surface area (Å²) in [6.45, 7) is 9.19. The normalized spacial score (nSPS) is 20.0. The van der Waals surface area contributed by atoms with Gasteiger partial charge < -0.3 is 20.3 Å². The van der Waals surface area contributed by atoms with E-state index in [1.165, 1.54) is 26.2 Å². The minimum atomic E-state index is -0.969. The highest BCUT2D eigenvalue weighted by Crippen LogP contribution is 2.41. The fourth-order valence-corrected chi connectivity index (χ4v) is 5.76. The van der Waals surface area contributed by atoms with Crippen LogP contribution in [0.5, 0.6) is 0 Å².